The van der Waals surface area contributed by atoms with E-state index in [9.17, 15) is 4.39 Å². The Morgan fingerprint density at radius 3 is 2.88 bits per heavy atom. The summed E-state index contributed by atoms with van der Waals surface area (Å²) in [6, 6.07) is 3.55. The largest absolute Gasteiger partial charge is 0.308 e. The van der Waals surface area contributed by atoms with Gasteiger partial charge in [0.05, 0.1) is 5.69 Å². The lowest BCUT2D eigenvalue weighted by Gasteiger charge is -2.16. The molecule has 0 radical (unpaired) electrons. The van der Waals surface area contributed by atoms with Crippen LogP contribution in [0.1, 0.15) is 45.2 Å². The molecule has 16 heavy (non-hydrogen) atoms. The van der Waals surface area contributed by atoms with Gasteiger partial charge >= 0.3 is 0 Å². The van der Waals surface area contributed by atoms with Crippen LogP contribution in [0.3, 0.4) is 0 Å². The highest BCUT2D eigenvalue weighted by molar-refractivity contribution is 5.06. The topological polar surface area (TPSA) is 24.9 Å². The first kappa shape index (κ1) is 13.1. The molecule has 1 N–H and O–H groups in total. The highest BCUT2D eigenvalue weighted by Gasteiger charge is 2.07. The van der Waals surface area contributed by atoms with Crippen LogP contribution in [0.2, 0.25) is 0 Å². The minimum absolute atomic E-state index is 0.222. The van der Waals surface area contributed by atoms with Crippen LogP contribution < -0.4 is 5.32 Å². The van der Waals surface area contributed by atoms with Crippen molar-refractivity contribution in [1.82, 2.24) is 10.3 Å². The zero-order valence-corrected chi connectivity index (χ0v) is 10.2. The maximum Gasteiger partial charge on any atom is 0.146 e. The number of hydrogen-bond acceptors (Lipinski definition) is 2. The molecule has 0 amide bonds. The van der Waals surface area contributed by atoms with Crippen molar-refractivity contribution >= 4 is 0 Å². The Morgan fingerprint density at radius 2 is 2.25 bits per heavy atom. The van der Waals surface area contributed by atoms with Gasteiger partial charge in [0.15, 0.2) is 0 Å². The molecule has 0 saturated heterocycles. The first-order chi connectivity index (χ1) is 7.77. The fourth-order valence-corrected chi connectivity index (χ4v) is 1.69. The van der Waals surface area contributed by atoms with Gasteiger partial charge in [-0.3, -0.25) is 4.98 Å². The fourth-order valence-electron chi connectivity index (χ4n) is 1.69. The summed E-state index contributed by atoms with van der Waals surface area (Å²) < 4.78 is 13.3. The van der Waals surface area contributed by atoms with Crippen molar-refractivity contribution in [3.63, 3.8) is 0 Å². The monoisotopic (exact) mass is 224 g/mol. The van der Waals surface area contributed by atoms with Crippen molar-refractivity contribution in [3.8, 4) is 0 Å². The van der Waals surface area contributed by atoms with Gasteiger partial charge in [-0.1, -0.05) is 26.7 Å². The first-order valence-electron chi connectivity index (χ1n) is 6.10. The van der Waals surface area contributed by atoms with Gasteiger partial charge in [0, 0.05) is 18.8 Å². The lowest BCUT2D eigenvalue weighted by atomic mass is 10.1. The van der Waals surface area contributed by atoms with Gasteiger partial charge in [0.25, 0.3) is 0 Å². The molecule has 0 fully saturated rings. The molecule has 1 unspecified atom stereocenters. The van der Waals surface area contributed by atoms with Crippen LogP contribution in [0, 0.1) is 5.82 Å². The molecule has 1 rings (SSSR count). The third-order valence-electron chi connectivity index (χ3n) is 2.79. The molecule has 1 atom stereocenters. The summed E-state index contributed by atoms with van der Waals surface area (Å²) in [6.45, 7) is 4.86. The van der Waals surface area contributed by atoms with E-state index < -0.39 is 0 Å². The van der Waals surface area contributed by atoms with Gasteiger partial charge < -0.3 is 5.32 Å². The van der Waals surface area contributed by atoms with Crippen LogP contribution in [0.15, 0.2) is 18.3 Å². The van der Waals surface area contributed by atoms with Crippen molar-refractivity contribution in [2.24, 2.45) is 0 Å². The number of unbranched alkanes of at least 4 members (excludes halogenated alkanes) is 1. The molecule has 0 aliphatic heterocycles. The average Bonchev–Trinajstić information content (AvgIpc) is 2.31. The third-order valence-corrected chi connectivity index (χ3v) is 2.79. The van der Waals surface area contributed by atoms with Gasteiger partial charge in [-0.15, -0.1) is 0 Å². The van der Waals surface area contributed by atoms with Gasteiger partial charge in [0.1, 0.15) is 5.82 Å². The molecule has 0 spiro atoms. The predicted molar refractivity (Wildman–Crippen MR) is 64.6 cm³/mol. The van der Waals surface area contributed by atoms with E-state index in [1.54, 1.807) is 12.3 Å². The molecule has 1 aromatic heterocycles. The summed E-state index contributed by atoms with van der Waals surface area (Å²) >= 11 is 0. The quantitative estimate of drug-likeness (QED) is 0.768. The predicted octanol–water partition coefficient (Wildman–Crippen LogP) is 3.28. The highest BCUT2D eigenvalue weighted by atomic mass is 19.1. The van der Waals surface area contributed by atoms with Gasteiger partial charge in [-0.25, -0.2) is 4.39 Å². The molecule has 3 heteroatoms. The average molecular weight is 224 g/mol. The summed E-state index contributed by atoms with van der Waals surface area (Å²) in [4.78, 5) is 4.03. The van der Waals surface area contributed by atoms with E-state index in [4.69, 9.17) is 0 Å². The van der Waals surface area contributed by atoms with Crippen molar-refractivity contribution in [2.45, 2.75) is 52.1 Å². The molecule has 0 bridgehead atoms. The molecule has 0 aliphatic rings. The fraction of sp³-hybridized carbons (Fsp3) is 0.615. The number of hydrogen-bond donors (Lipinski definition) is 1. The van der Waals surface area contributed by atoms with Crippen molar-refractivity contribution in [2.75, 3.05) is 0 Å². The molecular weight excluding hydrogens is 203 g/mol. The summed E-state index contributed by atoms with van der Waals surface area (Å²) in [6.07, 6.45) is 6.29. The number of nitrogens with zero attached hydrogens (tertiary/aromatic N) is 1. The Kier molecular flexibility index (Phi) is 6.01. The second kappa shape index (κ2) is 7.34. The number of rotatable bonds is 7. The minimum Gasteiger partial charge on any atom is -0.308 e. The van der Waals surface area contributed by atoms with Crippen molar-refractivity contribution in [1.29, 1.82) is 0 Å². The SMILES string of the molecule is CCCCC(CC)NCc1ncccc1F. The molecule has 90 valence electrons. The maximum absolute atomic E-state index is 13.3. The smallest absolute Gasteiger partial charge is 0.146 e. The molecule has 1 aromatic rings. The van der Waals surface area contributed by atoms with Crippen LogP contribution >= 0.6 is 0 Å². The van der Waals surface area contributed by atoms with E-state index in [0.717, 1.165) is 12.8 Å². The summed E-state index contributed by atoms with van der Waals surface area (Å²) in [5, 5.41) is 3.36. The van der Waals surface area contributed by atoms with Gasteiger partial charge in [-0.2, -0.15) is 0 Å². The Bertz CT molecular complexity index is 302. The first-order valence-corrected chi connectivity index (χ1v) is 6.10. The molecular formula is C13H21FN2. The minimum atomic E-state index is -0.222. The highest BCUT2D eigenvalue weighted by Crippen LogP contribution is 2.07. The van der Waals surface area contributed by atoms with Crippen LogP contribution in [-0.2, 0) is 6.54 Å². The molecule has 1 heterocycles. The maximum atomic E-state index is 13.3. The Morgan fingerprint density at radius 1 is 1.44 bits per heavy atom. The van der Waals surface area contributed by atoms with E-state index in [2.05, 4.69) is 24.1 Å². The summed E-state index contributed by atoms with van der Waals surface area (Å²) in [5.41, 5.74) is 0.512. The lowest BCUT2D eigenvalue weighted by Crippen LogP contribution is -2.28. The Balaban J connectivity index is 2.40. The zero-order chi connectivity index (χ0) is 11.8. The molecule has 2 nitrogen and oxygen atoms in total. The van der Waals surface area contributed by atoms with E-state index >= 15 is 0 Å². The van der Waals surface area contributed by atoms with Crippen LogP contribution in [0.5, 0.6) is 0 Å². The number of halogens is 1. The van der Waals surface area contributed by atoms with Gasteiger partial charge in [0.2, 0.25) is 0 Å². The van der Waals surface area contributed by atoms with E-state index in [1.165, 1.54) is 18.9 Å². The van der Waals surface area contributed by atoms with Crippen LogP contribution in [0.4, 0.5) is 4.39 Å². The second-order valence-electron chi connectivity index (χ2n) is 4.06. The molecule has 0 aliphatic carbocycles. The van der Waals surface area contributed by atoms with Gasteiger partial charge in [-0.05, 0) is 25.0 Å². The number of nitrogens with one attached hydrogen (secondary N) is 1. The third kappa shape index (κ3) is 4.27. The van der Waals surface area contributed by atoms with E-state index in [-0.39, 0.29) is 5.82 Å². The number of pyridine rings is 1. The van der Waals surface area contributed by atoms with Crippen LogP contribution in [-0.4, -0.2) is 11.0 Å². The van der Waals surface area contributed by atoms with Crippen molar-refractivity contribution < 1.29 is 4.39 Å². The zero-order valence-electron chi connectivity index (χ0n) is 10.2. The molecule has 0 aromatic carbocycles. The Labute approximate surface area is 97.3 Å². The van der Waals surface area contributed by atoms with Crippen molar-refractivity contribution in [3.05, 3.63) is 29.8 Å². The molecule has 0 saturated carbocycles. The van der Waals surface area contributed by atoms with E-state index in [0.29, 0.717) is 18.3 Å². The normalized spacial score (nSPS) is 12.7. The second-order valence-corrected chi connectivity index (χ2v) is 4.06. The summed E-state index contributed by atoms with van der Waals surface area (Å²) in [7, 11) is 0. The number of aromatic nitrogens is 1. The standard InChI is InChI=1S/C13H21FN2/c1-3-5-7-11(4-2)16-10-13-12(14)8-6-9-15-13/h6,8-9,11,16H,3-5,7,10H2,1-2H3. The lowest BCUT2D eigenvalue weighted by molar-refractivity contribution is 0.442. The van der Waals surface area contributed by atoms with Crippen LogP contribution in [0.25, 0.3) is 0 Å². The van der Waals surface area contributed by atoms with E-state index in [1.807, 2.05) is 0 Å². The Hall–Kier alpha value is -0.960. The summed E-state index contributed by atoms with van der Waals surface area (Å²) in [5.74, 6) is -0.222.